The molecule has 1 unspecified atom stereocenters. The molecule has 0 aromatic heterocycles. The van der Waals surface area contributed by atoms with Gasteiger partial charge in [0.15, 0.2) is 0 Å². The lowest BCUT2D eigenvalue weighted by molar-refractivity contribution is -0.139. The van der Waals surface area contributed by atoms with Crippen molar-refractivity contribution >= 4 is 17.9 Å². The van der Waals surface area contributed by atoms with Crippen molar-refractivity contribution < 1.29 is 19.1 Å². The summed E-state index contributed by atoms with van der Waals surface area (Å²) in [4.78, 5) is 35.2. The average Bonchev–Trinajstić information content (AvgIpc) is 2.51. The van der Waals surface area contributed by atoms with Crippen LogP contribution < -0.4 is 10.6 Å². The Morgan fingerprint density at radius 3 is 2.14 bits per heavy atom. The van der Waals surface area contributed by atoms with E-state index in [2.05, 4.69) is 29.2 Å². The molecule has 0 saturated carbocycles. The molecule has 0 aliphatic carbocycles. The zero-order chi connectivity index (χ0) is 17.5. The molecule has 0 bridgehead atoms. The van der Waals surface area contributed by atoms with Crippen molar-refractivity contribution in [2.45, 2.75) is 53.0 Å². The van der Waals surface area contributed by atoms with Gasteiger partial charge < -0.3 is 20.3 Å². The summed E-state index contributed by atoms with van der Waals surface area (Å²) in [6, 6.07) is -0.0538. The first kappa shape index (κ1) is 22.5. The lowest BCUT2D eigenvalue weighted by Crippen LogP contribution is -2.55. The van der Waals surface area contributed by atoms with Crippen LogP contribution in [0, 0.1) is 0 Å². The van der Waals surface area contributed by atoms with E-state index in [4.69, 9.17) is 0 Å². The summed E-state index contributed by atoms with van der Waals surface area (Å²) in [6.45, 7) is 8.78. The number of hydrogen-bond donors (Lipinski definition) is 2. The number of hydrogen-bond acceptors (Lipinski definition) is 4. The number of rotatable bonds is 4. The van der Waals surface area contributed by atoms with Gasteiger partial charge in [-0.3, -0.25) is 9.59 Å². The van der Waals surface area contributed by atoms with E-state index in [0.29, 0.717) is 13.0 Å². The van der Waals surface area contributed by atoms with E-state index in [-0.39, 0.29) is 24.4 Å². The van der Waals surface area contributed by atoms with Gasteiger partial charge in [0.2, 0.25) is 11.8 Å². The summed E-state index contributed by atoms with van der Waals surface area (Å²) in [5.74, 6) is -0.288. The molecule has 0 spiro atoms. The maximum Gasteiger partial charge on any atom is 0.407 e. The summed E-state index contributed by atoms with van der Waals surface area (Å²) in [5, 5.41) is 4.83. The Morgan fingerprint density at radius 1 is 1.23 bits per heavy atom. The number of carbonyl (C=O) groups is 3. The normalized spacial score (nSPS) is 15.0. The quantitative estimate of drug-likeness (QED) is 0.823. The van der Waals surface area contributed by atoms with Gasteiger partial charge in [0, 0.05) is 26.1 Å². The molecule has 1 rings (SSSR count). The van der Waals surface area contributed by atoms with E-state index < -0.39 is 6.09 Å². The predicted octanol–water partition coefficient (Wildman–Crippen LogP) is 1.52. The van der Waals surface area contributed by atoms with Gasteiger partial charge in [-0.05, 0) is 6.42 Å². The number of nitrogens with one attached hydrogen (secondary N) is 2. The third kappa shape index (κ3) is 9.20. The van der Waals surface area contributed by atoms with Crippen LogP contribution in [-0.4, -0.2) is 56.1 Å². The highest BCUT2D eigenvalue weighted by atomic mass is 16.5. The summed E-state index contributed by atoms with van der Waals surface area (Å²) in [5.41, 5.74) is 0. The Labute approximate surface area is 133 Å². The fraction of sp³-hybridized carbons (Fsp3) is 0.800. The van der Waals surface area contributed by atoms with Gasteiger partial charge in [-0.1, -0.05) is 34.1 Å². The van der Waals surface area contributed by atoms with Gasteiger partial charge in [-0.2, -0.15) is 0 Å². The van der Waals surface area contributed by atoms with Crippen molar-refractivity contribution in [3.05, 3.63) is 0 Å². The molecular formula is C15H31N3O4. The molecule has 130 valence electrons. The van der Waals surface area contributed by atoms with Crippen LogP contribution in [0.15, 0.2) is 0 Å². The van der Waals surface area contributed by atoms with Crippen LogP contribution in [-0.2, 0) is 14.3 Å². The van der Waals surface area contributed by atoms with E-state index in [1.165, 1.54) is 13.5 Å². The van der Waals surface area contributed by atoms with Crippen molar-refractivity contribution in [1.29, 1.82) is 0 Å². The van der Waals surface area contributed by atoms with E-state index in [1.807, 2.05) is 13.8 Å². The van der Waals surface area contributed by atoms with Gasteiger partial charge in [0.1, 0.15) is 6.54 Å². The SMILES string of the molecule is CC.CCC.CNC(=O)CC1CCN1C(=O)CNC(=O)OC. The molecule has 1 heterocycles. The zero-order valence-electron chi connectivity index (χ0n) is 14.7. The summed E-state index contributed by atoms with van der Waals surface area (Å²) in [7, 11) is 2.80. The Bertz CT molecular complexity index is 335. The van der Waals surface area contributed by atoms with Gasteiger partial charge in [-0.25, -0.2) is 4.79 Å². The molecule has 1 fully saturated rings. The summed E-state index contributed by atoms with van der Waals surface area (Å²) >= 11 is 0. The molecule has 0 radical (unpaired) electrons. The Morgan fingerprint density at radius 2 is 1.77 bits per heavy atom. The van der Waals surface area contributed by atoms with Gasteiger partial charge >= 0.3 is 6.09 Å². The third-order valence-electron chi connectivity index (χ3n) is 2.73. The number of amides is 3. The number of ether oxygens (including phenoxy) is 1. The summed E-state index contributed by atoms with van der Waals surface area (Å²) < 4.78 is 4.36. The van der Waals surface area contributed by atoms with Crippen LogP contribution in [0.3, 0.4) is 0 Å². The number of carbonyl (C=O) groups excluding carboxylic acids is 3. The topological polar surface area (TPSA) is 87.7 Å². The first-order valence-corrected chi connectivity index (χ1v) is 7.81. The predicted molar refractivity (Wildman–Crippen MR) is 86.5 cm³/mol. The van der Waals surface area contributed by atoms with Gasteiger partial charge in [-0.15, -0.1) is 0 Å². The van der Waals surface area contributed by atoms with Gasteiger partial charge in [0.25, 0.3) is 0 Å². The number of methoxy groups -OCH3 is 1. The smallest absolute Gasteiger partial charge is 0.407 e. The molecule has 1 aliphatic heterocycles. The molecule has 1 aliphatic rings. The van der Waals surface area contributed by atoms with E-state index >= 15 is 0 Å². The molecule has 1 atom stereocenters. The minimum atomic E-state index is -0.637. The number of nitrogens with zero attached hydrogens (tertiary/aromatic N) is 1. The summed E-state index contributed by atoms with van der Waals surface area (Å²) in [6.07, 6.45) is 1.74. The average molecular weight is 317 g/mol. The minimum absolute atomic E-state index is 0.0538. The molecule has 7 nitrogen and oxygen atoms in total. The highest BCUT2D eigenvalue weighted by Gasteiger charge is 2.33. The molecular weight excluding hydrogens is 286 g/mol. The van der Waals surface area contributed by atoms with E-state index in [0.717, 1.165) is 6.42 Å². The fourth-order valence-electron chi connectivity index (χ4n) is 1.62. The Balaban J connectivity index is 0. The maximum atomic E-state index is 11.6. The highest BCUT2D eigenvalue weighted by Crippen LogP contribution is 2.20. The Hall–Kier alpha value is -1.79. The lowest BCUT2D eigenvalue weighted by Gasteiger charge is -2.40. The van der Waals surface area contributed by atoms with Gasteiger partial charge in [0.05, 0.1) is 7.11 Å². The first-order chi connectivity index (χ1) is 10.5. The Kier molecular flexibility index (Phi) is 14.5. The maximum absolute atomic E-state index is 11.6. The van der Waals surface area contributed by atoms with Crippen LogP contribution in [0.25, 0.3) is 0 Å². The van der Waals surface area contributed by atoms with Crippen LogP contribution in [0.4, 0.5) is 4.79 Å². The minimum Gasteiger partial charge on any atom is -0.453 e. The van der Waals surface area contributed by atoms with Crippen molar-refractivity contribution in [1.82, 2.24) is 15.5 Å². The van der Waals surface area contributed by atoms with E-state index in [9.17, 15) is 14.4 Å². The van der Waals surface area contributed by atoms with Crippen molar-refractivity contribution in [3.63, 3.8) is 0 Å². The zero-order valence-corrected chi connectivity index (χ0v) is 14.7. The largest absolute Gasteiger partial charge is 0.453 e. The van der Waals surface area contributed by atoms with Crippen LogP contribution >= 0.6 is 0 Å². The number of likely N-dealkylation sites (tertiary alicyclic amines) is 1. The molecule has 2 N–H and O–H groups in total. The second-order valence-corrected chi connectivity index (χ2v) is 4.46. The first-order valence-electron chi connectivity index (χ1n) is 7.81. The third-order valence-corrected chi connectivity index (χ3v) is 2.73. The molecule has 1 saturated heterocycles. The lowest BCUT2D eigenvalue weighted by atomic mass is 9.99. The van der Waals surface area contributed by atoms with Crippen LogP contribution in [0.1, 0.15) is 47.0 Å². The number of alkyl carbamates (subject to hydrolysis) is 1. The fourth-order valence-corrected chi connectivity index (χ4v) is 1.62. The van der Waals surface area contributed by atoms with Crippen LogP contribution in [0.5, 0.6) is 0 Å². The van der Waals surface area contributed by atoms with Crippen molar-refractivity contribution in [2.24, 2.45) is 0 Å². The highest BCUT2D eigenvalue weighted by molar-refractivity contribution is 5.84. The van der Waals surface area contributed by atoms with E-state index in [1.54, 1.807) is 11.9 Å². The molecule has 0 aromatic rings. The van der Waals surface area contributed by atoms with Crippen molar-refractivity contribution in [3.8, 4) is 0 Å². The molecule has 3 amide bonds. The van der Waals surface area contributed by atoms with Crippen LogP contribution in [0.2, 0.25) is 0 Å². The monoisotopic (exact) mass is 317 g/mol. The molecule has 0 aromatic carbocycles. The standard InChI is InChI=1S/C10H17N3O4.C3H8.C2H6/c1-11-8(14)5-7-3-4-13(7)9(15)6-12-10(16)17-2;1-3-2;1-2/h7H,3-6H2,1-2H3,(H,11,14)(H,12,16);3H2,1-2H3;1-2H3. The molecule has 22 heavy (non-hydrogen) atoms. The second-order valence-electron chi connectivity index (χ2n) is 4.46. The molecule has 7 heteroatoms. The van der Waals surface area contributed by atoms with Crippen molar-refractivity contribution in [2.75, 3.05) is 27.2 Å². The second kappa shape index (κ2) is 14.2.